The Balaban J connectivity index is 1.88. The highest BCUT2D eigenvalue weighted by atomic mass is 15.3. The molecule has 0 unspecified atom stereocenters. The van der Waals surface area contributed by atoms with E-state index in [1.165, 1.54) is 38.5 Å². The number of hydrogen-bond acceptors (Lipinski definition) is 3. The fraction of sp³-hybridized carbons (Fsp3) is 0.571. The highest BCUT2D eigenvalue weighted by Crippen LogP contribution is 2.30. The molecule has 1 aliphatic carbocycles. The number of nitrogen functional groups attached to an aromatic ring is 1. The SMILES string of the molecule is Cn1cc(-c2nn(C3CCCCCC3)cc2N)cn1. The predicted octanol–water partition coefficient (Wildman–Crippen LogP) is 2.76. The van der Waals surface area contributed by atoms with Crippen LogP contribution in [0.5, 0.6) is 0 Å². The van der Waals surface area contributed by atoms with Crippen LogP contribution in [0, 0.1) is 0 Å². The van der Waals surface area contributed by atoms with Crippen LogP contribution in [0.1, 0.15) is 44.6 Å². The third kappa shape index (κ3) is 2.50. The van der Waals surface area contributed by atoms with E-state index in [2.05, 4.69) is 9.78 Å². The number of nitrogens with zero attached hydrogens (tertiary/aromatic N) is 4. The van der Waals surface area contributed by atoms with Crippen molar-refractivity contribution in [2.24, 2.45) is 7.05 Å². The maximum atomic E-state index is 6.11. The van der Waals surface area contributed by atoms with Gasteiger partial charge in [-0.05, 0) is 12.8 Å². The van der Waals surface area contributed by atoms with Crippen molar-refractivity contribution in [2.75, 3.05) is 5.73 Å². The molecule has 2 heterocycles. The van der Waals surface area contributed by atoms with Gasteiger partial charge in [0.15, 0.2) is 0 Å². The number of nitrogens with two attached hydrogens (primary N) is 1. The van der Waals surface area contributed by atoms with Gasteiger partial charge in [0.25, 0.3) is 0 Å². The summed E-state index contributed by atoms with van der Waals surface area (Å²) < 4.78 is 3.85. The van der Waals surface area contributed by atoms with Crippen molar-refractivity contribution in [1.29, 1.82) is 0 Å². The first-order chi connectivity index (χ1) is 9.24. The van der Waals surface area contributed by atoms with Gasteiger partial charge in [0.2, 0.25) is 0 Å². The molecule has 0 radical (unpaired) electrons. The van der Waals surface area contributed by atoms with Crippen molar-refractivity contribution in [3.63, 3.8) is 0 Å². The average molecular weight is 259 g/mol. The number of aryl methyl sites for hydroxylation is 1. The van der Waals surface area contributed by atoms with Crippen LogP contribution in [0.4, 0.5) is 5.69 Å². The Morgan fingerprint density at radius 3 is 2.53 bits per heavy atom. The summed E-state index contributed by atoms with van der Waals surface area (Å²) in [5.74, 6) is 0. The molecule has 19 heavy (non-hydrogen) atoms. The zero-order chi connectivity index (χ0) is 13.2. The molecule has 0 bridgehead atoms. The molecule has 5 heteroatoms. The van der Waals surface area contributed by atoms with Gasteiger partial charge in [-0.2, -0.15) is 10.2 Å². The molecular formula is C14H21N5. The molecule has 2 aromatic heterocycles. The maximum Gasteiger partial charge on any atom is 0.118 e. The van der Waals surface area contributed by atoms with E-state index >= 15 is 0 Å². The smallest absolute Gasteiger partial charge is 0.118 e. The summed E-state index contributed by atoms with van der Waals surface area (Å²) in [4.78, 5) is 0. The van der Waals surface area contributed by atoms with Crippen molar-refractivity contribution in [2.45, 2.75) is 44.6 Å². The second kappa shape index (κ2) is 5.07. The monoisotopic (exact) mass is 259 g/mol. The molecule has 2 aromatic rings. The van der Waals surface area contributed by atoms with Crippen LogP contribution < -0.4 is 5.73 Å². The van der Waals surface area contributed by atoms with E-state index in [0.717, 1.165) is 16.9 Å². The molecule has 0 atom stereocenters. The minimum Gasteiger partial charge on any atom is -0.396 e. The van der Waals surface area contributed by atoms with Gasteiger partial charge in [-0.3, -0.25) is 9.36 Å². The lowest BCUT2D eigenvalue weighted by Gasteiger charge is -2.14. The Bertz CT molecular complexity index is 546. The van der Waals surface area contributed by atoms with Gasteiger partial charge >= 0.3 is 0 Å². The lowest BCUT2D eigenvalue weighted by molar-refractivity contribution is 0.406. The summed E-state index contributed by atoms with van der Waals surface area (Å²) in [5.41, 5.74) is 8.71. The first kappa shape index (κ1) is 12.3. The number of rotatable bonds is 2. The normalized spacial score (nSPS) is 17.5. The van der Waals surface area contributed by atoms with Crippen LogP contribution in [0.25, 0.3) is 11.3 Å². The molecule has 102 valence electrons. The first-order valence-corrected chi connectivity index (χ1v) is 7.07. The molecule has 0 aliphatic heterocycles. The molecule has 0 spiro atoms. The van der Waals surface area contributed by atoms with Gasteiger partial charge in [0.1, 0.15) is 5.69 Å². The van der Waals surface area contributed by atoms with Crippen LogP contribution >= 0.6 is 0 Å². The Morgan fingerprint density at radius 1 is 1.16 bits per heavy atom. The molecule has 5 nitrogen and oxygen atoms in total. The third-order valence-corrected chi connectivity index (χ3v) is 3.94. The summed E-state index contributed by atoms with van der Waals surface area (Å²) in [6.07, 6.45) is 13.5. The van der Waals surface area contributed by atoms with Crippen molar-refractivity contribution < 1.29 is 0 Å². The van der Waals surface area contributed by atoms with E-state index in [1.54, 1.807) is 4.68 Å². The predicted molar refractivity (Wildman–Crippen MR) is 75.6 cm³/mol. The fourth-order valence-electron chi connectivity index (χ4n) is 2.88. The zero-order valence-electron chi connectivity index (χ0n) is 11.4. The van der Waals surface area contributed by atoms with Crippen molar-refractivity contribution in [3.8, 4) is 11.3 Å². The zero-order valence-corrected chi connectivity index (χ0v) is 11.4. The van der Waals surface area contributed by atoms with E-state index in [0.29, 0.717) is 6.04 Å². The average Bonchev–Trinajstić information content (AvgIpc) is 2.86. The lowest BCUT2D eigenvalue weighted by Crippen LogP contribution is -2.08. The van der Waals surface area contributed by atoms with Crippen LogP contribution in [-0.2, 0) is 7.05 Å². The van der Waals surface area contributed by atoms with Crippen LogP contribution in [-0.4, -0.2) is 19.6 Å². The Labute approximate surface area is 113 Å². The van der Waals surface area contributed by atoms with Crippen molar-refractivity contribution >= 4 is 5.69 Å². The van der Waals surface area contributed by atoms with Gasteiger partial charge in [-0.1, -0.05) is 25.7 Å². The highest BCUT2D eigenvalue weighted by Gasteiger charge is 2.18. The number of aromatic nitrogens is 4. The summed E-state index contributed by atoms with van der Waals surface area (Å²) in [6, 6.07) is 0.509. The van der Waals surface area contributed by atoms with E-state index < -0.39 is 0 Å². The van der Waals surface area contributed by atoms with Crippen LogP contribution in [0.15, 0.2) is 18.6 Å². The van der Waals surface area contributed by atoms with Crippen molar-refractivity contribution in [3.05, 3.63) is 18.6 Å². The first-order valence-electron chi connectivity index (χ1n) is 7.07. The molecule has 0 aromatic carbocycles. The Kier molecular flexibility index (Phi) is 3.27. The Hall–Kier alpha value is -1.78. The summed E-state index contributed by atoms with van der Waals surface area (Å²) >= 11 is 0. The van der Waals surface area contributed by atoms with E-state index in [4.69, 9.17) is 10.8 Å². The van der Waals surface area contributed by atoms with E-state index in [-0.39, 0.29) is 0 Å². The molecule has 0 saturated heterocycles. The van der Waals surface area contributed by atoms with Gasteiger partial charge in [0.05, 0.1) is 17.9 Å². The third-order valence-electron chi connectivity index (χ3n) is 3.94. The molecule has 3 rings (SSSR count). The quantitative estimate of drug-likeness (QED) is 0.843. The lowest BCUT2D eigenvalue weighted by atomic mass is 10.1. The topological polar surface area (TPSA) is 61.7 Å². The minimum atomic E-state index is 0.509. The molecule has 1 fully saturated rings. The molecule has 1 aliphatic rings. The maximum absolute atomic E-state index is 6.11. The minimum absolute atomic E-state index is 0.509. The summed E-state index contributed by atoms with van der Waals surface area (Å²) in [7, 11) is 1.90. The molecule has 1 saturated carbocycles. The van der Waals surface area contributed by atoms with Crippen LogP contribution in [0.2, 0.25) is 0 Å². The largest absolute Gasteiger partial charge is 0.396 e. The molecular weight excluding hydrogens is 238 g/mol. The van der Waals surface area contributed by atoms with Gasteiger partial charge in [-0.15, -0.1) is 0 Å². The standard InChI is InChI=1S/C14H21N5/c1-18-9-11(8-16-18)14-13(15)10-19(17-14)12-6-4-2-3-5-7-12/h8-10,12H,2-7,15H2,1H3. The van der Waals surface area contributed by atoms with E-state index in [9.17, 15) is 0 Å². The van der Waals surface area contributed by atoms with Gasteiger partial charge in [-0.25, -0.2) is 0 Å². The van der Waals surface area contributed by atoms with E-state index in [1.807, 2.05) is 25.6 Å². The van der Waals surface area contributed by atoms with Crippen molar-refractivity contribution in [1.82, 2.24) is 19.6 Å². The number of hydrogen-bond donors (Lipinski definition) is 1. The second-order valence-electron chi connectivity index (χ2n) is 5.46. The number of anilines is 1. The second-order valence-corrected chi connectivity index (χ2v) is 5.46. The van der Waals surface area contributed by atoms with Gasteiger partial charge < -0.3 is 5.73 Å². The Morgan fingerprint density at radius 2 is 1.89 bits per heavy atom. The molecule has 2 N–H and O–H groups in total. The summed E-state index contributed by atoms with van der Waals surface area (Å²) in [6.45, 7) is 0. The highest BCUT2D eigenvalue weighted by molar-refractivity contribution is 5.70. The van der Waals surface area contributed by atoms with Gasteiger partial charge in [0, 0.05) is 25.0 Å². The summed E-state index contributed by atoms with van der Waals surface area (Å²) in [5, 5.41) is 8.88. The fourth-order valence-corrected chi connectivity index (χ4v) is 2.88. The van der Waals surface area contributed by atoms with Crippen LogP contribution in [0.3, 0.4) is 0 Å². The molecule has 0 amide bonds.